The average molecular weight is 260 g/mol. The van der Waals surface area contributed by atoms with Crippen molar-refractivity contribution in [2.24, 2.45) is 12.9 Å². The van der Waals surface area contributed by atoms with E-state index in [9.17, 15) is 0 Å². The number of hydrazine groups is 1. The lowest BCUT2D eigenvalue weighted by molar-refractivity contribution is 0.333. The molecule has 2 rings (SSSR count). The van der Waals surface area contributed by atoms with E-state index in [-0.39, 0.29) is 6.04 Å². The molecule has 0 fully saturated rings. The van der Waals surface area contributed by atoms with Crippen molar-refractivity contribution in [1.29, 1.82) is 0 Å². The lowest BCUT2D eigenvalue weighted by atomic mass is 9.99. The second-order valence-electron chi connectivity index (χ2n) is 4.38. The van der Waals surface area contributed by atoms with Crippen molar-refractivity contribution in [1.82, 2.24) is 15.2 Å². The van der Waals surface area contributed by atoms with Gasteiger partial charge in [0.25, 0.3) is 0 Å². The van der Waals surface area contributed by atoms with Crippen molar-refractivity contribution in [3.8, 4) is 5.75 Å². The molecule has 1 aromatic carbocycles. The van der Waals surface area contributed by atoms with Gasteiger partial charge in [-0.15, -0.1) is 0 Å². The first kappa shape index (κ1) is 13.6. The molecule has 0 radical (unpaired) electrons. The standard InChI is InChI=1S/C14H20N4O/c1-4-19-13-8-6-5-7-11(13)14(17-15)12-9-16-18(3)10(12)2/h5-9,14,17H,4,15H2,1-3H3. The molecule has 0 aliphatic rings. The molecule has 1 atom stereocenters. The predicted molar refractivity (Wildman–Crippen MR) is 74.7 cm³/mol. The Kier molecular flexibility index (Phi) is 4.19. The fraction of sp³-hybridized carbons (Fsp3) is 0.357. The molecule has 1 unspecified atom stereocenters. The van der Waals surface area contributed by atoms with Crippen LogP contribution < -0.4 is 16.0 Å². The Bertz CT molecular complexity index is 550. The quantitative estimate of drug-likeness (QED) is 0.634. The molecule has 3 N–H and O–H groups in total. The monoisotopic (exact) mass is 260 g/mol. The fourth-order valence-electron chi connectivity index (χ4n) is 2.15. The van der Waals surface area contributed by atoms with Gasteiger partial charge in [-0.2, -0.15) is 5.10 Å². The van der Waals surface area contributed by atoms with Crippen molar-refractivity contribution >= 4 is 0 Å². The summed E-state index contributed by atoms with van der Waals surface area (Å²) in [7, 11) is 1.92. The van der Waals surface area contributed by atoms with Crippen LogP contribution in [0.4, 0.5) is 0 Å². The van der Waals surface area contributed by atoms with E-state index >= 15 is 0 Å². The Hall–Kier alpha value is -1.85. The summed E-state index contributed by atoms with van der Waals surface area (Å²) in [4.78, 5) is 0. The van der Waals surface area contributed by atoms with Crippen molar-refractivity contribution in [2.45, 2.75) is 19.9 Å². The minimum atomic E-state index is -0.128. The van der Waals surface area contributed by atoms with Gasteiger partial charge in [-0.1, -0.05) is 18.2 Å². The molecular weight excluding hydrogens is 240 g/mol. The van der Waals surface area contributed by atoms with Crippen LogP contribution in [0.25, 0.3) is 0 Å². The first-order valence-electron chi connectivity index (χ1n) is 6.35. The second kappa shape index (κ2) is 5.86. The molecule has 5 nitrogen and oxygen atoms in total. The molecule has 0 saturated heterocycles. The minimum Gasteiger partial charge on any atom is -0.494 e. The number of aryl methyl sites for hydroxylation is 1. The van der Waals surface area contributed by atoms with Crippen molar-refractivity contribution in [3.05, 3.63) is 47.3 Å². The van der Waals surface area contributed by atoms with E-state index in [1.54, 1.807) is 0 Å². The number of nitrogens with one attached hydrogen (secondary N) is 1. The zero-order chi connectivity index (χ0) is 13.8. The molecule has 0 spiro atoms. The Morgan fingerprint density at radius 2 is 2.11 bits per heavy atom. The van der Waals surface area contributed by atoms with Gasteiger partial charge in [0.1, 0.15) is 5.75 Å². The molecule has 102 valence electrons. The lowest BCUT2D eigenvalue weighted by Crippen LogP contribution is -2.29. The van der Waals surface area contributed by atoms with Crippen LogP contribution in [-0.4, -0.2) is 16.4 Å². The van der Waals surface area contributed by atoms with Gasteiger partial charge in [0.05, 0.1) is 18.8 Å². The SMILES string of the molecule is CCOc1ccccc1C(NN)c1cnn(C)c1C. The molecule has 19 heavy (non-hydrogen) atoms. The van der Waals surface area contributed by atoms with Gasteiger partial charge in [0.15, 0.2) is 0 Å². The highest BCUT2D eigenvalue weighted by molar-refractivity contribution is 5.42. The van der Waals surface area contributed by atoms with Crippen molar-refractivity contribution in [3.63, 3.8) is 0 Å². The number of nitrogens with two attached hydrogens (primary N) is 1. The third kappa shape index (κ3) is 2.62. The zero-order valence-corrected chi connectivity index (χ0v) is 11.6. The maximum Gasteiger partial charge on any atom is 0.124 e. The fourth-order valence-corrected chi connectivity index (χ4v) is 2.15. The molecule has 0 amide bonds. The highest BCUT2D eigenvalue weighted by Crippen LogP contribution is 2.30. The molecule has 1 aromatic heterocycles. The number of para-hydroxylation sites is 1. The number of aromatic nitrogens is 2. The van der Waals surface area contributed by atoms with E-state index in [1.165, 1.54) is 0 Å². The summed E-state index contributed by atoms with van der Waals surface area (Å²) in [6, 6.07) is 7.78. The summed E-state index contributed by atoms with van der Waals surface area (Å²) in [5.74, 6) is 6.58. The average Bonchev–Trinajstić information content (AvgIpc) is 2.74. The largest absolute Gasteiger partial charge is 0.494 e. The molecule has 0 aliphatic carbocycles. The van der Waals surface area contributed by atoms with Crippen LogP contribution in [0.3, 0.4) is 0 Å². The van der Waals surface area contributed by atoms with E-state index in [0.717, 1.165) is 22.6 Å². The van der Waals surface area contributed by atoms with Crippen LogP contribution in [0, 0.1) is 6.92 Å². The molecule has 1 heterocycles. The zero-order valence-electron chi connectivity index (χ0n) is 11.6. The third-order valence-electron chi connectivity index (χ3n) is 3.28. The normalized spacial score (nSPS) is 12.4. The van der Waals surface area contributed by atoms with E-state index in [2.05, 4.69) is 10.5 Å². The van der Waals surface area contributed by atoms with E-state index in [1.807, 2.05) is 56.0 Å². The Labute approximate surface area is 113 Å². The molecule has 0 saturated carbocycles. The Morgan fingerprint density at radius 3 is 2.68 bits per heavy atom. The number of hydrogen-bond donors (Lipinski definition) is 2. The third-order valence-corrected chi connectivity index (χ3v) is 3.28. The van der Waals surface area contributed by atoms with Crippen molar-refractivity contribution < 1.29 is 4.74 Å². The van der Waals surface area contributed by atoms with Crippen molar-refractivity contribution in [2.75, 3.05) is 6.61 Å². The highest BCUT2D eigenvalue weighted by atomic mass is 16.5. The molecular formula is C14H20N4O. The number of hydrogen-bond acceptors (Lipinski definition) is 4. The summed E-state index contributed by atoms with van der Waals surface area (Å²) in [5, 5.41) is 4.27. The molecule has 5 heteroatoms. The molecule has 0 bridgehead atoms. The van der Waals surface area contributed by atoms with Crippen LogP contribution >= 0.6 is 0 Å². The van der Waals surface area contributed by atoms with Crippen LogP contribution in [0.2, 0.25) is 0 Å². The van der Waals surface area contributed by atoms with Gasteiger partial charge >= 0.3 is 0 Å². The second-order valence-corrected chi connectivity index (χ2v) is 4.38. The number of rotatable bonds is 5. The van der Waals surface area contributed by atoms with E-state index < -0.39 is 0 Å². The van der Waals surface area contributed by atoms with Crippen LogP contribution in [0.15, 0.2) is 30.5 Å². The topological polar surface area (TPSA) is 65.1 Å². The van der Waals surface area contributed by atoms with Gasteiger partial charge in [0, 0.05) is 23.9 Å². The Morgan fingerprint density at radius 1 is 1.37 bits per heavy atom. The Balaban J connectivity index is 2.45. The first-order chi connectivity index (χ1) is 9.19. The van der Waals surface area contributed by atoms with Gasteiger partial charge < -0.3 is 4.74 Å². The maximum absolute atomic E-state index is 5.74. The predicted octanol–water partition coefficient (Wildman–Crippen LogP) is 1.68. The van der Waals surface area contributed by atoms with Gasteiger partial charge in [0.2, 0.25) is 0 Å². The number of ether oxygens (including phenoxy) is 1. The summed E-state index contributed by atoms with van der Waals surface area (Å²) < 4.78 is 7.50. The number of benzene rings is 1. The van der Waals surface area contributed by atoms with E-state index in [4.69, 9.17) is 10.6 Å². The summed E-state index contributed by atoms with van der Waals surface area (Å²) in [5.41, 5.74) is 6.00. The number of nitrogens with zero attached hydrogens (tertiary/aromatic N) is 2. The highest BCUT2D eigenvalue weighted by Gasteiger charge is 2.20. The van der Waals surface area contributed by atoms with Gasteiger partial charge in [-0.05, 0) is 19.9 Å². The summed E-state index contributed by atoms with van der Waals surface area (Å²) in [6.07, 6.45) is 1.84. The summed E-state index contributed by atoms with van der Waals surface area (Å²) in [6.45, 7) is 4.62. The van der Waals surface area contributed by atoms with Gasteiger partial charge in [-0.3, -0.25) is 10.5 Å². The lowest BCUT2D eigenvalue weighted by Gasteiger charge is -2.19. The molecule has 2 aromatic rings. The van der Waals surface area contributed by atoms with E-state index in [0.29, 0.717) is 6.61 Å². The smallest absolute Gasteiger partial charge is 0.124 e. The van der Waals surface area contributed by atoms with Gasteiger partial charge in [-0.25, -0.2) is 5.43 Å². The minimum absolute atomic E-state index is 0.128. The van der Waals surface area contributed by atoms with Crippen LogP contribution in [-0.2, 0) is 7.05 Å². The first-order valence-corrected chi connectivity index (χ1v) is 6.35. The summed E-state index contributed by atoms with van der Waals surface area (Å²) >= 11 is 0. The maximum atomic E-state index is 5.74. The van der Waals surface area contributed by atoms with Crippen LogP contribution in [0.1, 0.15) is 29.8 Å². The molecule has 0 aliphatic heterocycles. The van der Waals surface area contributed by atoms with Crippen LogP contribution in [0.5, 0.6) is 5.75 Å².